The Bertz CT molecular complexity index is 334. The number of nitrogens with one attached hydrogen (secondary N) is 1. The lowest BCUT2D eigenvalue weighted by Gasteiger charge is -2.23. The number of rotatable bonds is 4. The van der Waals surface area contributed by atoms with E-state index < -0.39 is 27.3 Å². The summed E-state index contributed by atoms with van der Waals surface area (Å²) in [5.41, 5.74) is 0. The Balaban J connectivity index is 2.60. The van der Waals surface area contributed by atoms with E-state index in [2.05, 4.69) is 9.46 Å². The fourth-order valence-corrected chi connectivity index (χ4v) is 3.15. The Hall–Kier alpha value is -0.660. The lowest BCUT2D eigenvalue weighted by Crippen LogP contribution is -2.45. The molecule has 1 N–H and O–H groups in total. The van der Waals surface area contributed by atoms with Crippen LogP contribution in [-0.2, 0) is 24.3 Å². The van der Waals surface area contributed by atoms with Crippen LogP contribution < -0.4 is 4.72 Å². The van der Waals surface area contributed by atoms with Crippen LogP contribution in [0.3, 0.4) is 0 Å². The van der Waals surface area contributed by atoms with Gasteiger partial charge in [0.15, 0.2) is 0 Å². The monoisotopic (exact) mass is 251 g/mol. The van der Waals surface area contributed by atoms with Crippen LogP contribution in [0.4, 0.5) is 0 Å². The number of hydrogen-bond acceptors (Lipinski definition) is 5. The minimum atomic E-state index is -3.47. The molecule has 1 unspecified atom stereocenters. The third-order valence-electron chi connectivity index (χ3n) is 2.50. The molecule has 94 valence electrons. The van der Waals surface area contributed by atoms with Crippen LogP contribution in [0.1, 0.15) is 19.8 Å². The summed E-state index contributed by atoms with van der Waals surface area (Å²) in [6.45, 7) is 2.35. The molecule has 1 aliphatic rings. The molecule has 7 heteroatoms. The predicted molar refractivity (Wildman–Crippen MR) is 57.4 cm³/mol. The topological polar surface area (TPSA) is 81.7 Å². The normalized spacial score (nSPS) is 20.4. The van der Waals surface area contributed by atoms with E-state index in [0.29, 0.717) is 26.1 Å². The maximum absolute atomic E-state index is 11.8. The van der Waals surface area contributed by atoms with E-state index in [0.717, 1.165) is 0 Å². The van der Waals surface area contributed by atoms with Crippen LogP contribution in [0.15, 0.2) is 0 Å². The van der Waals surface area contributed by atoms with Crippen molar-refractivity contribution in [2.24, 2.45) is 0 Å². The maximum atomic E-state index is 11.8. The molecule has 0 amide bonds. The Morgan fingerprint density at radius 3 is 2.50 bits per heavy atom. The van der Waals surface area contributed by atoms with E-state index in [9.17, 15) is 13.2 Å². The van der Waals surface area contributed by atoms with Crippen molar-refractivity contribution in [2.45, 2.75) is 31.1 Å². The second-order valence-electron chi connectivity index (χ2n) is 3.72. The summed E-state index contributed by atoms with van der Waals surface area (Å²) < 4.78 is 35.5. The molecule has 0 bridgehead atoms. The highest BCUT2D eigenvalue weighted by molar-refractivity contribution is 7.90. The van der Waals surface area contributed by atoms with Crippen molar-refractivity contribution in [3.8, 4) is 0 Å². The van der Waals surface area contributed by atoms with E-state index in [1.807, 2.05) is 0 Å². The van der Waals surface area contributed by atoms with Gasteiger partial charge in [0.2, 0.25) is 10.0 Å². The fourth-order valence-electron chi connectivity index (χ4n) is 1.55. The van der Waals surface area contributed by atoms with Gasteiger partial charge in [-0.25, -0.2) is 13.1 Å². The fraction of sp³-hybridized carbons (Fsp3) is 0.889. The summed E-state index contributed by atoms with van der Waals surface area (Å²) >= 11 is 0. The molecule has 1 aliphatic heterocycles. The van der Waals surface area contributed by atoms with Crippen LogP contribution in [0.25, 0.3) is 0 Å². The van der Waals surface area contributed by atoms with Crippen molar-refractivity contribution >= 4 is 16.0 Å². The van der Waals surface area contributed by atoms with Crippen LogP contribution in [0, 0.1) is 0 Å². The van der Waals surface area contributed by atoms with Crippen molar-refractivity contribution in [1.82, 2.24) is 4.72 Å². The molecular weight excluding hydrogens is 234 g/mol. The first-order chi connectivity index (χ1) is 7.47. The zero-order valence-corrected chi connectivity index (χ0v) is 10.2. The summed E-state index contributed by atoms with van der Waals surface area (Å²) in [6.07, 6.45) is 0.923. The van der Waals surface area contributed by atoms with Crippen molar-refractivity contribution in [2.75, 3.05) is 20.3 Å². The number of esters is 1. The third-order valence-corrected chi connectivity index (χ3v) is 4.53. The predicted octanol–water partition coefficient (Wildman–Crippen LogP) is -0.354. The van der Waals surface area contributed by atoms with Gasteiger partial charge in [-0.15, -0.1) is 0 Å². The van der Waals surface area contributed by atoms with E-state index in [-0.39, 0.29) is 0 Å². The lowest BCUT2D eigenvalue weighted by atomic mass is 10.2. The molecule has 1 atom stereocenters. The Morgan fingerprint density at radius 1 is 1.44 bits per heavy atom. The molecule has 0 aromatic rings. The highest BCUT2D eigenvalue weighted by Crippen LogP contribution is 2.15. The van der Waals surface area contributed by atoms with E-state index in [4.69, 9.17) is 4.74 Å². The molecule has 1 rings (SSSR count). The van der Waals surface area contributed by atoms with E-state index >= 15 is 0 Å². The van der Waals surface area contributed by atoms with Gasteiger partial charge in [0, 0.05) is 13.2 Å². The molecule has 16 heavy (non-hydrogen) atoms. The molecule has 0 saturated carbocycles. The Kier molecular flexibility index (Phi) is 4.69. The third kappa shape index (κ3) is 3.43. The molecule has 0 aliphatic carbocycles. The zero-order chi connectivity index (χ0) is 12.2. The van der Waals surface area contributed by atoms with Gasteiger partial charge < -0.3 is 9.47 Å². The van der Waals surface area contributed by atoms with E-state index in [1.165, 1.54) is 14.0 Å². The van der Waals surface area contributed by atoms with Gasteiger partial charge in [-0.3, -0.25) is 4.79 Å². The molecule has 1 fully saturated rings. The first-order valence-electron chi connectivity index (χ1n) is 5.14. The maximum Gasteiger partial charge on any atom is 0.323 e. The minimum Gasteiger partial charge on any atom is -0.468 e. The van der Waals surface area contributed by atoms with Crippen molar-refractivity contribution in [3.05, 3.63) is 0 Å². The van der Waals surface area contributed by atoms with Crippen molar-refractivity contribution in [3.63, 3.8) is 0 Å². The van der Waals surface area contributed by atoms with Gasteiger partial charge in [0.25, 0.3) is 0 Å². The summed E-state index contributed by atoms with van der Waals surface area (Å²) in [5, 5.41) is -0.478. The molecular formula is C9H17NO5S. The van der Waals surface area contributed by atoms with Crippen LogP contribution in [0.5, 0.6) is 0 Å². The number of sulfonamides is 1. The van der Waals surface area contributed by atoms with Gasteiger partial charge in [-0.2, -0.15) is 0 Å². The highest BCUT2D eigenvalue weighted by Gasteiger charge is 2.30. The SMILES string of the molecule is COC(=O)C(C)NS(=O)(=O)C1CCOCC1. The molecule has 0 radical (unpaired) electrons. The van der Waals surface area contributed by atoms with Crippen LogP contribution in [0.2, 0.25) is 0 Å². The second-order valence-corrected chi connectivity index (χ2v) is 5.71. The summed E-state index contributed by atoms with van der Waals surface area (Å²) in [5.74, 6) is -0.587. The number of ether oxygens (including phenoxy) is 2. The molecule has 0 aromatic heterocycles. The van der Waals surface area contributed by atoms with Gasteiger partial charge in [0.1, 0.15) is 6.04 Å². The number of carbonyl (C=O) groups excluding carboxylic acids is 1. The van der Waals surface area contributed by atoms with Gasteiger partial charge in [-0.1, -0.05) is 0 Å². The van der Waals surface area contributed by atoms with Crippen molar-refractivity contribution in [1.29, 1.82) is 0 Å². The largest absolute Gasteiger partial charge is 0.468 e. The Morgan fingerprint density at radius 2 is 2.00 bits per heavy atom. The number of carbonyl (C=O) groups is 1. The quantitative estimate of drug-likeness (QED) is 0.690. The zero-order valence-electron chi connectivity index (χ0n) is 9.43. The molecule has 6 nitrogen and oxygen atoms in total. The lowest BCUT2D eigenvalue weighted by molar-refractivity contribution is -0.142. The average molecular weight is 251 g/mol. The average Bonchev–Trinajstić information content (AvgIpc) is 2.28. The molecule has 0 aromatic carbocycles. The van der Waals surface area contributed by atoms with Crippen LogP contribution >= 0.6 is 0 Å². The van der Waals surface area contributed by atoms with Crippen molar-refractivity contribution < 1.29 is 22.7 Å². The molecule has 1 heterocycles. The summed E-state index contributed by atoms with van der Waals surface area (Å²) in [6, 6.07) is -0.849. The smallest absolute Gasteiger partial charge is 0.323 e. The number of hydrogen-bond donors (Lipinski definition) is 1. The minimum absolute atomic E-state index is 0.443. The molecule has 0 spiro atoms. The number of methoxy groups -OCH3 is 1. The standard InChI is InChI=1S/C9H17NO5S/c1-7(9(11)14-2)10-16(12,13)8-3-5-15-6-4-8/h7-8,10H,3-6H2,1-2H3. The van der Waals surface area contributed by atoms with E-state index in [1.54, 1.807) is 0 Å². The van der Waals surface area contributed by atoms with Crippen LogP contribution in [-0.4, -0.2) is 46.0 Å². The summed E-state index contributed by atoms with van der Waals surface area (Å²) in [4.78, 5) is 11.1. The highest BCUT2D eigenvalue weighted by atomic mass is 32.2. The summed E-state index contributed by atoms with van der Waals surface area (Å²) in [7, 11) is -2.24. The second kappa shape index (κ2) is 5.60. The first kappa shape index (κ1) is 13.4. The van der Waals surface area contributed by atoms with Gasteiger partial charge >= 0.3 is 5.97 Å². The first-order valence-corrected chi connectivity index (χ1v) is 6.68. The van der Waals surface area contributed by atoms with Gasteiger partial charge in [-0.05, 0) is 19.8 Å². The van der Waals surface area contributed by atoms with Gasteiger partial charge in [0.05, 0.1) is 12.4 Å². The Labute approximate surface area is 95.4 Å². The molecule has 1 saturated heterocycles.